The van der Waals surface area contributed by atoms with Gasteiger partial charge < -0.3 is 10.0 Å². The Labute approximate surface area is 101 Å². The van der Waals surface area contributed by atoms with Gasteiger partial charge in [-0.3, -0.25) is 4.90 Å². The van der Waals surface area contributed by atoms with Crippen LogP contribution in [0.4, 0.5) is 0 Å². The number of rotatable bonds is 9. The minimum Gasteiger partial charge on any atom is -0.392 e. The number of hydrogen-bond acceptors (Lipinski definition) is 3. The van der Waals surface area contributed by atoms with Crippen LogP contribution in [0, 0.1) is 5.92 Å². The Balaban J connectivity index is 4.00. The van der Waals surface area contributed by atoms with Crippen LogP contribution in [0.15, 0.2) is 0 Å². The lowest BCUT2D eigenvalue weighted by atomic mass is 10.0. The lowest BCUT2D eigenvalue weighted by Crippen LogP contribution is -2.39. The molecule has 0 aromatic carbocycles. The molecule has 0 radical (unpaired) electrons. The van der Waals surface area contributed by atoms with Gasteiger partial charge in [0.1, 0.15) is 0 Å². The zero-order valence-corrected chi connectivity index (χ0v) is 11.7. The molecule has 98 valence electrons. The van der Waals surface area contributed by atoms with Gasteiger partial charge in [-0.05, 0) is 33.0 Å². The summed E-state index contributed by atoms with van der Waals surface area (Å²) in [6, 6.07) is 0. The molecule has 0 spiro atoms. The molecule has 0 aliphatic heterocycles. The molecule has 0 fully saturated rings. The molecule has 0 aromatic heterocycles. The first-order chi connectivity index (χ1) is 7.51. The fourth-order valence-corrected chi connectivity index (χ4v) is 1.67. The van der Waals surface area contributed by atoms with Gasteiger partial charge >= 0.3 is 0 Å². The van der Waals surface area contributed by atoms with Crippen LogP contribution < -0.4 is 0 Å². The molecule has 16 heavy (non-hydrogen) atoms. The van der Waals surface area contributed by atoms with E-state index in [1.807, 2.05) is 0 Å². The summed E-state index contributed by atoms with van der Waals surface area (Å²) in [6.07, 6.45) is 2.02. The summed E-state index contributed by atoms with van der Waals surface area (Å²) in [7, 11) is 4.18. The summed E-state index contributed by atoms with van der Waals surface area (Å²) in [6.45, 7) is 10.5. The SMILES string of the molecule is CCCN(CCN(C)C)CC(O)C(C)CC. The summed E-state index contributed by atoms with van der Waals surface area (Å²) < 4.78 is 0. The number of likely N-dealkylation sites (N-methyl/N-ethyl adjacent to an activating group) is 1. The van der Waals surface area contributed by atoms with Crippen molar-refractivity contribution in [1.29, 1.82) is 0 Å². The number of hydrogen-bond donors (Lipinski definition) is 1. The standard InChI is InChI=1S/C13H30N2O/c1-6-8-15(10-9-14(4)5)11-13(16)12(3)7-2/h12-13,16H,6-11H2,1-5H3. The molecule has 0 aliphatic rings. The third kappa shape index (κ3) is 7.20. The third-order valence-electron chi connectivity index (χ3n) is 3.15. The van der Waals surface area contributed by atoms with Crippen LogP contribution in [-0.2, 0) is 0 Å². The predicted molar refractivity (Wildman–Crippen MR) is 70.7 cm³/mol. The first kappa shape index (κ1) is 15.9. The highest BCUT2D eigenvalue weighted by Crippen LogP contribution is 2.09. The van der Waals surface area contributed by atoms with Crippen LogP contribution in [0.1, 0.15) is 33.6 Å². The number of aliphatic hydroxyl groups is 1. The summed E-state index contributed by atoms with van der Waals surface area (Å²) in [5.41, 5.74) is 0. The number of aliphatic hydroxyl groups excluding tert-OH is 1. The monoisotopic (exact) mass is 230 g/mol. The van der Waals surface area contributed by atoms with Gasteiger partial charge in [-0.1, -0.05) is 27.2 Å². The zero-order valence-electron chi connectivity index (χ0n) is 11.7. The van der Waals surface area contributed by atoms with Gasteiger partial charge in [0.25, 0.3) is 0 Å². The maximum atomic E-state index is 10.0. The van der Waals surface area contributed by atoms with Gasteiger partial charge in [-0.15, -0.1) is 0 Å². The van der Waals surface area contributed by atoms with E-state index in [-0.39, 0.29) is 6.10 Å². The smallest absolute Gasteiger partial charge is 0.0692 e. The molecule has 2 unspecified atom stereocenters. The number of nitrogens with zero attached hydrogens (tertiary/aromatic N) is 2. The molecule has 0 amide bonds. The fourth-order valence-electron chi connectivity index (χ4n) is 1.67. The second-order valence-corrected chi connectivity index (χ2v) is 5.06. The molecule has 0 rings (SSSR count). The summed E-state index contributed by atoms with van der Waals surface area (Å²) >= 11 is 0. The average Bonchev–Trinajstić information content (AvgIpc) is 2.24. The van der Waals surface area contributed by atoms with Gasteiger partial charge in [0, 0.05) is 19.6 Å². The molecule has 0 bridgehead atoms. The van der Waals surface area contributed by atoms with E-state index in [4.69, 9.17) is 0 Å². The summed E-state index contributed by atoms with van der Waals surface area (Å²) in [5.74, 6) is 0.402. The van der Waals surface area contributed by atoms with E-state index in [1.54, 1.807) is 0 Å². The van der Waals surface area contributed by atoms with E-state index < -0.39 is 0 Å². The Kier molecular flexibility index (Phi) is 8.90. The second kappa shape index (κ2) is 8.97. The molecular weight excluding hydrogens is 200 g/mol. The summed E-state index contributed by atoms with van der Waals surface area (Å²) in [4.78, 5) is 4.56. The quantitative estimate of drug-likeness (QED) is 0.653. The van der Waals surface area contributed by atoms with Gasteiger partial charge in [-0.25, -0.2) is 0 Å². The zero-order chi connectivity index (χ0) is 12.6. The van der Waals surface area contributed by atoms with E-state index >= 15 is 0 Å². The molecular formula is C13H30N2O. The molecule has 0 saturated carbocycles. The van der Waals surface area contributed by atoms with Crippen molar-refractivity contribution in [3.05, 3.63) is 0 Å². The van der Waals surface area contributed by atoms with Crippen molar-refractivity contribution in [3.8, 4) is 0 Å². The van der Waals surface area contributed by atoms with E-state index in [9.17, 15) is 5.11 Å². The molecule has 2 atom stereocenters. The Morgan fingerprint density at radius 1 is 1.06 bits per heavy atom. The van der Waals surface area contributed by atoms with E-state index in [2.05, 4.69) is 44.7 Å². The Morgan fingerprint density at radius 2 is 1.69 bits per heavy atom. The fraction of sp³-hybridized carbons (Fsp3) is 1.00. The van der Waals surface area contributed by atoms with Crippen molar-refractivity contribution in [3.63, 3.8) is 0 Å². The van der Waals surface area contributed by atoms with Crippen molar-refractivity contribution in [1.82, 2.24) is 9.80 Å². The molecule has 3 heteroatoms. The van der Waals surface area contributed by atoms with E-state index in [1.165, 1.54) is 0 Å². The van der Waals surface area contributed by atoms with Gasteiger partial charge in [0.2, 0.25) is 0 Å². The van der Waals surface area contributed by atoms with Crippen LogP contribution in [0.5, 0.6) is 0 Å². The predicted octanol–water partition coefficient (Wildman–Crippen LogP) is 1.67. The van der Waals surface area contributed by atoms with Crippen LogP contribution in [0.25, 0.3) is 0 Å². The van der Waals surface area contributed by atoms with Gasteiger partial charge in [0.15, 0.2) is 0 Å². The van der Waals surface area contributed by atoms with Gasteiger partial charge in [-0.2, -0.15) is 0 Å². The lowest BCUT2D eigenvalue weighted by molar-refractivity contribution is 0.0659. The highest BCUT2D eigenvalue weighted by atomic mass is 16.3. The van der Waals surface area contributed by atoms with Crippen molar-refractivity contribution >= 4 is 0 Å². The highest BCUT2D eigenvalue weighted by molar-refractivity contribution is 4.69. The van der Waals surface area contributed by atoms with Crippen LogP contribution >= 0.6 is 0 Å². The molecule has 0 heterocycles. The van der Waals surface area contributed by atoms with Crippen molar-refractivity contribution < 1.29 is 5.11 Å². The highest BCUT2D eigenvalue weighted by Gasteiger charge is 2.16. The second-order valence-electron chi connectivity index (χ2n) is 5.06. The minimum absolute atomic E-state index is 0.182. The van der Waals surface area contributed by atoms with Crippen LogP contribution in [-0.4, -0.2) is 61.3 Å². The topological polar surface area (TPSA) is 26.7 Å². The minimum atomic E-state index is -0.182. The van der Waals surface area contributed by atoms with E-state index in [0.29, 0.717) is 5.92 Å². The van der Waals surface area contributed by atoms with E-state index in [0.717, 1.165) is 39.0 Å². The molecule has 0 aromatic rings. The molecule has 0 saturated heterocycles. The first-order valence-electron chi connectivity index (χ1n) is 6.56. The molecule has 1 N–H and O–H groups in total. The lowest BCUT2D eigenvalue weighted by Gasteiger charge is -2.28. The maximum Gasteiger partial charge on any atom is 0.0692 e. The largest absolute Gasteiger partial charge is 0.392 e. The summed E-state index contributed by atoms with van der Waals surface area (Å²) in [5, 5.41) is 10.0. The van der Waals surface area contributed by atoms with Gasteiger partial charge in [0.05, 0.1) is 6.10 Å². The van der Waals surface area contributed by atoms with Crippen molar-refractivity contribution in [2.45, 2.75) is 39.7 Å². The maximum absolute atomic E-state index is 10.0. The first-order valence-corrected chi connectivity index (χ1v) is 6.56. The normalized spacial score (nSPS) is 15.8. The van der Waals surface area contributed by atoms with Crippen LogP contribution in [0.3, 0.4) is 0 Å². The Bertz CT molecular complexity index is 162. The molecule has 0 aliphatic carbocycles. The average molecular weight is 230 g/mol. The molecule has 3 nitrogen and oxygen atoms in total. The van der Waals surface area contributed by atoms with Crippen LogP contribution in [0.2, 0.25) is 0 Å². The Morgan fingerprint density at radius 3 is 2.12 bits per heavy atom. The van der Waals surface area contributed by atoms with Crippen molar-refractivity contribution in [2.24, 2.45) is 5.92 Å². The van der Waals surface area contributed by atoms with Crippen molar-refractivity contribution in [2.75, 3.05) is 40.3 Å². The Hall–Kier alpha value is -0.120. The third-order valence-corrected chi connectivity index (χ3v) is 3.15.